The van der Waals surface area contributed by atoms with E-state index in [9.17, 15) is 9.59 Å². The minimum absolute atomic E-state index is 0.00120. The first kappa shape index (κ1) is 18.4. The average molecular weight is 373 g/mol. The molecule has 1 aliphatic heterocycles. The zero-order valence-corrected chi connectivity index (χ0v) is 15.6. The maximum atomic E-state index is 12.4. The maximum absolute atomic E-state index is 12.4. The predicted molar refractivity (Wildman–Crippen MR) is 101 cm³/mol. The van der Waals surface area contributed by atoms with Crippen molar-refractivity contribution in [2.24, 2.45) is 0 Å². The lowest BCUT2D eigenvalue weighted by atomic mass is 9.97. The number of nitrogens with one attached hydrogen (secondary N) is 1. The Balaban J connectivity index is 1.49. The number of para-hydroxylation sites is 1. The van der Waals surface area contributed by atoms with Crippen LogP contribution in [0.4, 0.5) is 0 Å². The van der Waals surface area contributed by atoms with Crippen molar-refractivity contribution in [2.75, 3.05) is 26.2 Å². The summed E-state index contributed by atoms with van der Waals surface area (Å²) in [6, 6.07) is 7.05. The van der Waals surface area contributed by atoms with Gasteiger partial charge in [0.2, 0.25) is 5.91 Å². The van der Waals surface area contributed by atoms with E-state index in [-0.39, 0.29) is 18.4 Å². The highest BCUT2D eigenvalue weighted by molar-refractivity contribution is 7.09. The van der Waals surface area contributed by atoms with Gasteiger partial charge in [-0.3, -0.25) is 9.59 Å². The van der Waals surface area contributed by atoms with Gasteiger partial charge in [0.15, 0.2) is 0 Å². The second-order valence-electron chi connectivity index (χ2n) is 6.14. The summed E-state index contributed by atoms with van der Waals surface area (Å²) in [6.45, 7) is 3.76. The van der Waals surface area contributed by atoms with Gasteiger partial charge in [0.1, 0.15) is 5.75 Å². The fourth-order valence-corrected chi connectivity index (χ4v) is 3.92. The van der Waals surface area contributed by atoms with Gasteiger partial charge in [-0.15, -0.1) is 11.3 Å². The van der Waals surface area contributed by atoms with Crippen LogP contribution in [0.15, 0.2) is 35.8 Å². The topological polar surface area (TPSA) is 71.5 Å². The van der Waals surface area contributed by atoms with Crippen molar-refractivity contribution < 1.29 is 14.3 Å². The Morgan fingerprint density at radius 2 is 2.08 bits per heavy atom. The summed E-state index contributed by atoms with van der Waals surface area (Å²) in [5.41, 5.74) is 0.449. The molecule has 0 aliphatic carbocycles. The number of thiazole rings is 1. The van der Waals surface area contributed by atoms with Crippen LogP contribution in [-0.2, 0) is 4.79 Å². The Morgan fingerprint density at radius 1 is 1.31 bits per heavy atom. The third kappa shape index (κ3) is 4.40. The van der Waals surface area contributed by atoms with Crippen LogP contribution in [0.2, 0.25) is 0 Å². The molecule has 1 fully saturated rings. The molecule has 3 rings (SSSR count). The molecule has 0 atom stereocenters. The summed E-state index contributed by atoms with van der Waals surface area (Å²) >= 11 is 1.67. The SMILES string of the molecule is CCOc1ccccc1C(=O)NCC(=O)N1CCC(c2nccs2)CC1. The normalized spacial score (nSPS) is 14.9. The third-order valence-electron chi connectivity index (χ3n) is 4.48. The molecule has 2 amide bonds. The highest BCUT2D eigenvalue weighted by Crippen LogP contribution is 2.29. The third-order valence-corrected chi connectivity index (χ3v) is 5.42. The van der Waals surface area contributed by atoms with E-state index in [2.05, 4.69) is 10.3 Å². The van der Waals surface area contributed by atoms with E-state index in [1.807, 2.05) is 29.5 Å². The van der Waals surface area contributed by atoms with Crippen LogP contribution in [0.25, 0.3) is 0 Å². The number of hydrogen-bond donors (Lipinski definition) is 1. The van der Waals surface area contributed by atoms with Crippen LogP contribution in [0, 0.1) is 0 Å². The van der Waals surface area contributed by atoms with Crippen LogP contribution in [-0.4, -0.2) is 47.9 Å². The molecule has 1 aliphatic rings. The Hall–Kier alpha value is -2.41. The molecule has 0 unspecified atom stereocenters. The van der Waals surface area contributed by atoms with Crippen LogP contribution in [0.1, 0.15) is 41.0 Å². The average Bonchev–Trinajstić information content (AvgIpc) is 3.21. The summed E-state index contributed by atoms with van der Waals surface area (Å²) in [5.74, 6) is 0.626. The Morgan fingerprint density at radius 3 is 2.77 bits per heavy atom. The van der Waals surface area contributed by atoms with Gasteiger partial charge >= 0.3 is 0 Å². The zero-order valence-electron chi connectivity index (χ0n) is 14.8. The van der Waals surface area contributed by atoms with E-state index < -0.39 is 0 Å². The lowest BCUT2D eigenvalue weighted by Gasteiger charge is -2.31. The first-order valence-electron chi connectivity index (χ1n) is 8.86. The molecular formula is C19H23N3O3S. The molecule has 2 aromatic rings. The highest BCUT2D eigenvalue weighted by atomic mass is 32.1. The lowest BCUT2D eigenvalue weighted by Crippen LogP contribution is -2.43. The number of rotatable bonds is 6. The van der Waals surface area contributed by atoms with Gasteiger partial charge in [0.25, 0.3) is 5.91 Å². The number of aromatic nitrogens is 1. The number of carbonyl (C=O) groups excluding carboxylic acids is 2. The van der Waals surface area contributed by atoms with E-state index in [1.54, 1.807) is 29.5 Å². The minimum Gasteiger partial charge on any atom is -0.493 e. The number of benzene rings is 1. The number of likely N-dealkylation sites (tertiary alicyclic amines) is 1. The quantitative estimate of drug-likeness (QED) is 0.845. The van der Waals surface area contributed by atoms with E-state index in [0.29, 0.717) is 36.9 Å². The second kappa shape index (κ2) is 8.80. The van der Waals surface area contributed by atoms with Crippen LogP contribution >= 0.6 is 11.3 Å². The fourth-order valence-electron chi connectivity index (χ4n) is 3.11. The smallest absolute Gasteiger partial charge is 0.255 e. The van der Waals surface area contributed by atoms with Gasteiger partial charge < -0.3 is 15.0 Å². The minimum atomic E-state index is -0.292. The standard InChI is InChI=1S/C19H23N3O3S/c1-2-25-16-6-4-3-5-15(16)18(24)21-13-17(23)22-10-7-14(8-11-22)19-20-9-12-26-19/h3-6,9,12,14H,2,7-8,10-11,13H2,1H3,(H,21,24). The molecule has 6 nitrogen and oxygen atoms in total. The van der Waals surface area contributed by atoms with Gasteiger partial charge in [0.05, 0.1) is 23.7 Å². The molecule has 0 spiro atoms. The number of amides is 2. The molecule has 0 saturated carbocycles. The number of hydrogen-bond acceptors (Lipinski definition) is 5. The number of carbonyl (C=O) groups is 2. The fraction of sp³-hybridized carbons (Fsp3) is 0.421. The second-order valence-corrected chi connectivity index (χ2v) is 7.06. The van der Waals surface area contributed by atoms with Crippen LogP contribution in [0.5, 0.6) is 5.75 Å². The maximum Gasteiger partial charge on any atom is 0.255 e. The monoisotopic (exact) mass is 373 g/mol. The van der Waals surface area contributed by atoms with E-state index in [0.717, 1.165) is 17.8 Å². The van der Waals surface area contributed by atoms with Crippen LogP contribution in [0.3, 0.4) is 0 Å². The van der Waals surface area contributed by atoms with E-state index >= 15 is 0 Å². The van der Waals surface area contributed by atoms with Crippen molar-refractivity contribution in [3.05, 3.63) is 46.4 Å². The molecule has 26 heavy (non-hydrogen) atoms. The van der Waals surface area contributed by atoms with Crippen molar-refractivity contribution in [2.45, 2.75) is 25.7 Å². The van der Waals surface area contributed by atoms with Gasteiger partial charge in [-0.05, 0) is 31.9 Å². The largest absolute Gasteiger partial charge is 0.493 e. The molecule has 0 bridgehead atoms. The van der Waals surface area contributed by atoms with Gasteiger partial charge in [-0.1, -0.05) is 12.1 Å². The van der Waals surface area contributed by atoms with Crippen molar-refractivity contribution in [1.29, 1.82) is 0 Å². The molecule has 1 aromatic carbocycles. The molecule has 138 valence electrons. The summed E-state index contributed by atoms with van der Waals surface area (Å²) in [5, 5.41) is 5.85. The Bertz CT molecular complexity index is 740. The van der Waals surface area contributed by atoms with Gasteiger partial charge in [0, 0.05) is 30.6 Å². The summed E-state index contributed by atoms with van der Waals surface area (Å²) < 4.78 is 5.47. The summed E-state index contributed by atoms with van der Waals surface area (Å²) in [4.78, 5) is 31.0. The number of piperidine rings is 1. The predicted octanol–water partition coefficient (Wildman–Crippen LogP) is 2.68. The Kier molecular flexibility index (Phi) is 6.22. The zero-order chi connectivity index (χ0) is 18.4. The first-order valence-corrected chi connectivity index (χ1v) is 9.74. The lowest BCUT2D eigenvalue weighted by molar-refractivity contribution is -0.131. The molecule has 1 N–H and O–H groups in total. The van der Waals surface area contributed by atoms with Gasteiger partial charge in [-0.2, -0.15) is 0 Å². The van der Waals surface area contributed by atoms with Crippen molar-refractivity contribution in [3.63, 3.8) is 0 Å². The molecule has 2 heterocycles. The number of ether oxygens (including phenoxy) is 1. The van der Waals surface area contributed by atoms with E-state index in [4.69, 9.17) is 4.74 Å². The van der Waals surface area contributed by atoms with E-state index in [1.165, 1.54) is 0 Å². The molecule has 1 saturated heterocycles. The molecule has 7 heteroatoms. The van der Waals surface area contributed by atoms with Crippen molar-refractivity contribution in [1.82, 2.24) is 15.2 Å². The molecular weight excluding hydrogens is 350 g/mol. The summed E-state index contributed by atoms with van der Waals surface area (Å²) in [7, 11) is 0. The van der Waals surface area contributed by atoms with Gasteiger partial charge in [-0.25, -0.2) is 4.98 Å². The van der Waals surface area contributed by atoms with Crippen LogP contribution < -0.4 is 10.1 Å². The van der Waals surface area contributed by atoms with Crippen molar-refractivity contribution in [3.8, 4) is 5.75 Å². The Labute approximate surface area is 157 Å². The number of nitrogens with zero attached hydrogens (tertiary/aromatic N) is 2. The van der Waals surface area contributed by atoms with Crippen molar-refractivity contribution >= 4 is 23.2 Å². The molecule has 0 radical (unpaired) electrons. The molecule has 1 aromatic heterocycles. The highest BCUT2D eigenvalue weighted by Gasteiger charge is 2.25. The first-order chi connectivity index (χ1) is 12.7. The summed E-state index contributed by atoms with van der Waals surface area (Å²) in [6.07, 6.45) is 3.66.